The number of aromatic nitrogens is 1. The Hall–Kier alpha value is -5.14. The number of benzene rings is 2. The molecule has 12 nitrogen and oxygen atoms in total. The number of hydrogen-bond donors (Lipinski definition) is 2. The molecule has 0 spiro atoms. The first-order valence-corrected chi connectivity index (χ1v) is 21.0. The third-order valence-corrected chi connectivity index (χ3v) is 9.41. The first kappa shape index (κ1) is 46.9. The molecule has 0 saturated carbocycles. The smallest absolute Gasteiger partial charge is 0.414 e. The molecule has 1 aromatic heterocycles. The molecule has 2 heterocycles. The van der Waals surface area contributed by atoms with Gasteiger partial charge >= 0.3 is 18.2 Å². The van der Waals surface area contributed by atoms with Gasteiger partial charge in [-0.3, -0.25) is 20.4 Å². The Bertz CT molecular complexity index is 2130. The van der Waals surface area contributed by atoms with Crippen LogP contribution in [0.25, 0.3) is 28.5 Å². The summed E-state index contributed by atoms with van der Waals surface area (Å²) in [5.74, 6) is -1.77. The summed E-state index contributed by atoms with van der Waals surface area (Å²) in [7, 11) is 0. The van der Waals surface area contributed by atoms with Crippen molar-refractivity contribution in [3.63, 3.8) is 0 Å². The first-order valence-electron chi connectivity index (χ1n) is 21.0. The molecule has 61 heavy (non-hydrogen) atoms. The van der Waals surface area contributed by atoms with Gasteiger partial charge in [0.05, 0.1) is 35.7 Å². The van der Waals surface area contributed by atoms with Crippen LogP contribution in [-0.2, 0) is 41.3 Å². The van der Waals surface area contributed by atoms with Crippen LogP contribution >= 0.6 is 0 Å². The number of carbonyl (C=O) groups excluding carboxylic acids is 3. The van der Waals surface area contributed by atoms with Crippen molar-refractivity contribution < 1.29 is 42.5 Å². The van der Waals surface area contributed by atoms with Crippen molar-refractivity contribution in [2.75, 3.05) is 0 Å². The highest BCUT2D eigenvalue weighted by Crippen LogP contribution is 2.43. The summed E-state index contributed by atoms with van der Waals surface area (Å²) in [4.78, 5) is 48.5. The van der Waals surface area contributed by atoms with Crippen molar-refractivity contribution in [2.24, 2.45) is 4.99 Å². The maximum Gasteiger partial charge on any atom is 0.414 e. The second-order valence-electron chi connectivity index (χ2n) is 19.4. The van der Waals surface area contributed by atoms with Crippen molar-refractivity contribution in [3.05, 3.63) is 76.7 Å². The van der Waals surface area contributed by atoms with E-state index in [1.807, 2.05) is 58.9 Å². The Morgan fingerprint density at radius 3 is 2.07 bits per heavy atom. The number of rotatable bonds is 7. The Labute approximate surface area is 360 Å². The predicted octanol–water partition coefficient (Wildman–Crippen LogP) is 10.9. The zero-order valence-electron chi connectivity index (χ0n) is 38.0. The summed E-state index contributed by atoms with van der Waals surface area (Å²) in [6.07, 6.45) is 4.39. The number of pyridine rings is 1. The normalized spacial score (nSPS) is 17.8. The number of aliphatic imine (C=N–C) groups is 1. The van der Waals surface area contributed by atoms with Crippen LogP contribution in [0.5, 0.6) is 0 Å². The number of carbonyl (C=O) groups is 3. The van der Waals surface area contributed by atoms with Crippen LogP contribution in [0.3, 0.4) is 0 Å². The fourth-order valence-corrected chi connectivity index (χ4v) is 7.40. The standard InChI is InChI=1S/C48H63FN4O8/c1-28(2)40-37(24-22-33-26-34(58-48(12,13)57-33)27-38(54)59-45(3,4)5)39(29-17-19-31(49)20-18-29)36-16-14-15-30-25-32(21-23-35(30)41(36)51-40)50-42(52-43(55)60-46(6,7)8)53-44(56)61-47(9,10)11/h17-25,28,33-34H,14-16,26-27H2,1-13H3,(H2,50,52,53,55,56)/b24-22+/t33-,34-/m1/s1. The fraction of sp³-hybridized carbons (Fsp3) is 0.521. The van der Waals surface area contributed by atoms with E-state index in [0.717, 1.165) is 51.2 Å². The van der Waals surface area contributed by atoms with Crippen molar-refractivity contribution in [1.29, 1.82) is 0 Å². The zero-order valence-corrected chi connectivity index (χ0v) is 38.0. The molecule has 0 radical (unpaired) electrons. The van der Waals surface area contributed by atoms with Crippen LogP contribution in [0, 0.1) is 5.82 Å². The lowest BCUT2D eigenvalue weighted by atomic mass is 9.86. The Morgan fingerprint density at radius 1 is 0.885 bits per heavy atom. The van der Waals surface area contributed by atoms with Crippen molar-refractivity contribution >= 4 is 35.9 Å². The van der Waals surface area contributed by atoms with Gasteiger partial charge in [0.25, 0.3) is 0 Å². The number of amides is 2. The summed E-state index contributed by atoms with van der Waals surface area (Å²) in [6.45, 7) is 23.8. The number of nitrogens with zero attached hydrogens (tertiary/aromatic N) is 2. The molecule has 13 heteroatoms. The van der Waals surface area contributed by atoms with Gasteiger partial charge in [-0.2, -0.15) is 0 Å². The molecule has 330 valence electrons. The number of aryl methyl sites for hydroxylation is 1. The van der Waals surface area contributed by atoms with E-state index in [4.69, 9.17) is 28.7 Å². The molecule has 2 atom stereocenters. The van der Waals surface area contributed by atoms with Gasteiger partial charge in [-0.25, -0.2) is 19.0 Å². The van der Waals surface area contributed by atoms with Crippen LogP contribution < -0.4 is 10.6 Å². The van der Waals surface area contributed by atoms with E-state index in [1.165, 1.54) is 12.1 Å². The van der Waals surface area contributed by atoms with Gasteiger partial charge in [0.1, 0.15) is 22.6 Å². The molecule has 2 amide bonds. The molecule has 2 aliphatic rings. The van der Waals surface area contributed by atoms with E-state index in [1.54, 1.807) is 53.7 Å². The second-order valence-corrected chi connectivity index (χ2v) is 19.4. The highest BCUT2D eigenvalue weighted by molar-refractivity contribution is 6.02. The lowest BCUT2D eigenvalue weighted by molar-refractivity contribution is -0.290. The zero-order chi connectivity index (χ0) is 45.1. The molecular formula is C48H63FN4O8. The molecule has 1 saturated heterocycles. The van der Waals surface area contributed by atoms with Gasteiger partial charge in [0, 0.05) is 17.5 Å². The average Bonchev–Trinajstić information content (AvgIpc) is 3.26. The maximum absolute atomic E-state index is 14.4. The Kier molecular flexibility index (Phi) is 14.2. The predicted molar refractivity (Wildman–Crippen MR) is 235 cm³/mol. The minimum absolute atomic E-state index is 0.00731. The minimum Gasteiger partial charge on any atom is -0.460 e. The molecule has 2 aromatic carbocycles. The molecular weight excluding hydrogens is 780 g/mol. The van der Waals surface area contributed by atoms with E-state index < -0.39 is 40.9 Å². The van der Waals surface area contributed by atoms with E-state index in [2.05, 4.69) is 35.5 Å². The van der Waals surface area contributed by atoms with E-state index >= 15 is 0 Å². The second kappa shape index (κ2) is 18.5. The molecule has 2 N–H and O–H groups in total. The summed E-state index contributed by atoms with van der Waals surface area (Å²) in [5.41, 5.74) is 5.64. The monoisotopic (exact) mass is 842 g/mol. The van der Waals surface area contributed by atoms with Gasteiger partial charge in [-0.05, 0) is 148 Å². The van der Waals surface area contributed by atoms with Gasteiger partial charge in [-0.1, -0.05) is 44.2 Å². The minimum atomic E-state index is -0.947. The van der Waals surface area contributed by atoms with Crippen molar-refractivity contribution in [3.8, 4) is 22.4 Å². The SMILES string of the molecule is CC(C)c1nc2c(c(-c3ccc(F)cc3)c1/C=C/[C@@H]1C[C@H](CC(=O)OC(C)(C)C)OC(C)(C)O1)CCCc1cc(N=C(NC(=O)OC(C)(C)C)NC(=O)OC(C)(C)C)ccc1-2. The lowest BCUT2D eigenvalue weighted by Gasteiger charge is -2.40. The summed E-state index contributed by atoms with van der Waals surface area (Å²) in [6, 6.07) is 12.2. The topological polar surface area (TPSA) is 147 Å². The van der Waals surface area contributed by atoms with Crippen LogP contribution in [0.4, 0.5) is 19.7 Å². The molecule has 5 rings (SSSR count). The number of guanidine groups is 1. The van der Waals surface area contributed by atoms with Crippen LogP contribution in [0.2, 0.25) is 0 Å². The highest BCUT2D eigenvalue weighted by Gasteiger charge is 2.37. The van der Waals surface area contributed by atoms with Gasteiger partial charge in [0.15, 0.2) is 5.79 Å². The van der Waals surface area contributed by atoms with Crippen molar-refractivity contribution in [2.45, 2.75) is 163 Å². The summed E-state index contributed by atoms with van der Waals surface area (Å²) < 4.78 is 43.5. The number of ether oxygens (including phenoxy) is 5. The number of fused-ring (bicyclic) bond motifs is 3. The number of hydrogen-bond acceptors (Lipinski definition) is 10. The Morgan fingerprint density at radius 2 is 1.49 bits per heavy atom. The molecule has 3 aromatic rings. The summed E-state index contributed by atoms with van der Waals surface area (Å²) >= 11 is 0. The van der Waals surface area contributed by atoms with Crippen LogP contribution in [-0.4, -0.2) is 63.9 Å². The number of halogens is 1. The fourth-order valence-electron chi connectivity index (χ4n) is 7.40. The van der Waals surface area contributed by atoms with Gasteiger partial charge in [0.2, 0.25) is 5.96 Å². The number of nitrogens with one attached hydrogen (secondary N) is 2. The van der Waals surface area contributed by atoms with Crippen LogP contribution in [0.1, 0.15) is 138 Å². The number of alkyl carbamates (subject to hydrolysis) is 2. The lowest BCUT2D eigenvalue weighted by Crippen LogP contribution is -2.47. The third-order valence-electron chi connectivity index (χ3n) is 9.41. The van der Waals surface area contributed by atoms with Gasteiger partial charge < -0.3 is 23.7 Å². The molecule has 0 bridgehead atoms. The molecule has 1 aliphatic carbocycles. The quantitative estimate of drug-likeness (QED) is 0.103. The van der Waals surface area contributed by atoms with Crippen molar-refractivity contribution in [1.82, 2.24) is 15.6 Å². The number of esters is 1. The molecule has 1 fully saturated rings. The van der Waals surface area contributed by atoms with E-state index in [9.17, 15) is 18.8 Å². The van der Waals surface area contributed by atoms with Gasteiger partial charge in [-0.15, -0.1) is 0 Å². The highest BCUT2D eigenvalue weighted by atomic mass is 19.1. The molecule has 1 aliphatic heterocycles. The van der Waals surface area contributed by atoms with E-state index in [-0.39, 0.29) is 36.2 Å². The molecule has 0 unspecified atom stereocenters. The van der Waals surface area contributed by atoms with Crippen LogP contribution in [0.15, 0.2) is 53.5 Å². The Balaban J connectivity index is 1.58. The first-order chi connectivity index (χ1) is 28.2. The van der Waals surface area contributed by atoms with E-state index in [0.29, 0.717) is 24.9 Å². The largest absolute Gasteiger partial charge is 0.460 e. The average molecular weight is 843 g/mol. The summed E-state index contributed by atoms with van der Waals surface area (Å²) in [5, 5.41) is 5.11. The maximum atomic E-state index is 14.4. The third kappa shape index (κ3) is 13.7.